The largest absolute Gasteiger partial charge is 0.444 e. The van der Waals surface area contributed by atoms with Crippen molar-refractivity contribution in [3.8, 4) is 0 Å². The van der Waals surface area contributed by atoms with Gasteiger partial charge in [-0.3, -0.25) is 5.32 Å². The molecule has 1 aromatic rings. The highest BCUT2D eigenvalue weighted by Crippen LogP contribution is 2.19. The number of carbonyl (C=O) groups excluding carboxylic acids is 1. The van der Waals surface area contributed by atoms with E-state index in [0.29, 0.717) is 11.3 Å². The van der Waals surface area contributed by atoms with Gasteiger partial charge in [0.2, 0.25) is 0 Å². The Labute approximate surface area is 100 Å². The summed E-state index contributed by atoms with van der Waals surface area (Å²) in [7, 11) is 0. The predicted octanol–water partition coefficient (Wildman–Crippen LogP) is 3.82. The van der Waals surface area contributed by atoms with Crippen LogP contribution in [0.1, 0.15) is 26.3 Å². The Kier molecular flexibility index (Phi) is 3.89. The Bertz CT molecular complexity index is 436. The van der Waals surface area contributed by atoms with Crippen molar-refractivity contribution in [3.05, 3.63) is 36.2 Å². The van der Waals surface area contributed by atoms with Crippen molar-refractivity contribution in [2.45, 2.75) is 26.4 Å². The quantitative estimate of drug-likeness (QED) is 0.849. The van der Waals surface area contributed by atoms with Crippen LogP contribution in [0.15, 0.2) is 24.8 Å². The summed E-state index contributed by atoms with van der Waals surface area (Å²) in [5.74, 6) is -0.380. The minimum atomic E-state index is -0.577. The van der Waals surface area contributed by atoms with E-state index in [1.165, 1.54) is 24.3 Å². The predicted molar refractivity (Wildman–Crippen MR) is 66.3 cm³/mol. The van der Waals surface area contributed by atoms with E-state index in [2.05, 4.69) is 11.9 Å². The average molecular weight is 237 g/mol. The third kappa shape index (κ3) is 4.26. The zero-order valence-corrected chi connectivity index (χ0v) is 10.2. The van der Waals surface area contributed by atoms with Gasteiger partial charge < -0.3 is 4.74 Å². The summed E-state index contributed by atoms with van der Waals surface area (Å²) < 4.78 is 18.0. The molecule has 0 aliphatic rings. The molecular weight excluding hydrogens is 221 g/mol. The Morgan fingerprint density at radius 1 is 1.47 bits per heavy atom. The number of nitrogens with one attached hydrogen (secondary N) is 1. The van der Waals surface area contributed by atoms with E-state index >= 15 is 0 Å². The Morgan fingerprint density at radius 3 is 2.65 bits per heavy atom. The lowest BCUT2D eigenvalue weighted by Gasteiger charge is -2.20. The molecule has 0 saturated heterocycles. The second kappa shape index (κ2) is 4.99. The van der Waals surface area contributed by atoms with Crippen LogP contribution >= 0.6 is 0 Å². The Balaban J connectivity index is 2.81. The second-order valence-corrected chi connectivity index (χ2v) is 4.56. The number of halogens is 1. The number of ether oxygens (including phenoxy) is 1. The molecule has 17 heavy (non-hydrogen) atoms. The van der Waals surface area contributed by atoms with Gasteiger partial charge in [-0.15, -0.1) is 0 Å². The SMILES string of the molecule is C=Cc1cc(F)ccc1NC(=O)OC(C)(C)C. The van der Waals surface area contributed by atoms with E-state index < -0.39 is 11.7 Å². The van der Waals surface area contributed by atoms with Crippen LogP contribution < -0.4 is 5.32 Å². The van der Waals surface area contributed by atoms with Crippen LogP contribution in [-0.2, 0) is 4.74 Å². The topological polar surface area (TPSA) is 38.3 Å². The van der Waals surface area contributed by atoms with Crippen molar-refractivity contribution in [3.63, 3.8) is 0 Å². The van der Waals surface area contributed by atoms with Gasteiger partial charge in [0.25, 0.3) is 0 Å². The zero-order valence-electron chi connectivity index (χ0n) is 10.2. The summed E-state index contributed by atoms with van der Waals surface area (Å²) in [5, 5.41) is 2.55. The second-order valence-electron chi connectivity index (χ2n) is 4.56. The first-order valence-corrected chi connectivity index (χ1v) is 5.24. The smallest absolute Gasteiger partial charge is 0.412 e. The molecule has 0 saturated carbocycles. The van der Waals surface area contributed by atoms with Crippen molar-refractivity contribution in [1.82, 2.24) is 0 Å². The van der Waals surface area contributed by atoms with E-state index in [9.17, 15) is 9.18 Å². The van der Waals surface area contributed by atoms with Crippen LogP contribution in [0, 0.1) is 5.82 Å². The minimum Gasteiger partial charge on any atom is -0.444 e. The maximum Gasteiger partial charge on any atom is 0.412 e. The minimum absolute atomic E-state index is 0.380. The highest BCUT2D eigenvalue weighted by molar-refractivity contribution is 5.87. The first-order chi connectivity index (χ1) is 7.81. The van der Waals surface area contributed by atoms with Gasteiger partial charge in [0.15, 0.2) is 0 Å². The molecule has 0 unspecified atom stereocenters. The molecule has 0 spiro atoms. The Morgan fingerprint density at radius 2 is 2.12 bits per heavy atom. The highest BCUT2D eigenvalue weighted by atomic mass is 19.1. The van der Waals surface area contributed by atoms with Gasteiger partial charge >= 0.3 is 6.09 Å². The number of hydrogen-bond donors (Lipinski definition) is 1. The average Bonchev–Trinajstić information content (AvgIpc) is 2.17. The Hall–Kier alpha value is -1.84. The van der Waals surface area contributed by atoms with Gasteiger partial charge in [-0.25, -0.2) is 9.18 Å². The van der Waals surface area contributed by atoms with Gasteiger partial charge in [-0.1, -0.05) is 12.7 Å². The van der Waals surface area contributed by atoms with Crippen LogP contribution in [0.4, 0.5) is 14.9 Å². The molecule has 0 fully saturated rings. The van der Waals surface area contributed by atoms with Gasteiger partial charge in [0, 0.05) is 5.56 Å². The lowest BCUT2D eigenvalue weighted by Crippen LogP contribution is -2.27. The molecule has 0 radical (unpaired) electrons. The maximum absolute atomic E-state index is 13.0. The number of hydrogen-bond acceptors (Lipinski definition) is 2. The first-order valence-electron chi connectivity index (χ1n) is 5.24. The van der Waals surface area contributed by atoms with Crippen molar-refractivity contribution in [1.29, 1.82) is 0 Å². The molecule has 1 amide bonds. The van der Waals surface area contributed by atoms with Crippen molar-refractivity contribution >= 4 is 17.9 Å². The number of rotatable bonds is 2. The zero-order chi connectivity index (χ0) is 13.1. The molecule has 0 aliphatic carbocycles. The summed E-state index contributed by atoms with van der Waals surface area (Å²) in [6.45, 7) is 8.86. The van der Waals surface area contributed by atoms with Gasteiger partial charge in [0.05, 0.1) is 5.69 Å². The monoisotopic (exact) mass is 237 g/mol. The lowest BCUT2D eigenvalue weighted by molar-refractivity contribution is 0.0636. The molecule has 4 heteroatoms. The standard InChI is InChI=1S/C13H16FNO2/c1-5-9-8-10(14)6-7-11(9)15-12(16)17-13(2,3)4/h5-8H,1H2,2-4H3,(H,15,16). The number of benzene rings is 1. The fourth-order valence-corrected chi connectivity index (χ4v) is 1.23. The molecule has 1 rings (SSSR count). The fourth-order valence-electron chi connectivity index (χ4n) is 1.23. The summed E-state index contributed by atoms with van der Waals surface area (Å²) in [5.41, 5.74) is 0.407. The van der Waals surface area contributed by atoms with Crippen LogP contribution in [0.5, 0.6) is 0 Å². The third-order valence-corrected chi connectivity index (χ3v) is 1.87. The summed E-state index contributed by atoms with van der Waals surface area (Å²) in [6.07, 6.45) is 0.891. The molecule has 0 atom stereocenters. The fraction of sp³-hybridized carbons (Fsp3) is 0.308. The molecule has 1 N–H and O–H groups in total. The number of anilines is 1. The van der Waals surface area contributed by atoms with Crippen LogP contribution in [0.25, 0.3) is 6.08 Å². The van der Waals surface area contributed by atoms with E-state index in [4.69, 9.17) is 4.74 Å². The lowest BCUT2D eigenvalue weighted by atomic mass is 10.1. The van der Waals surface area contributed by atoms with Crippen molar-refractivity contribution in [2.75, 3.05) is 5.32 Å². The van der Waals surface area contributed by atoms with Crippen molar-refractivity contribution in [2.24, 2.45) is 0 Å². The molecule has 3 nitrogen and oxygen atoms in total. The summed E-state index contributed by atoms with van der Waals surface area (Å²) in [6, 6.07) is 4.02. The molecule has 92 valence electrons. The maximum atomic E-state index is 13.0. The molecule has 0 bridgehead atoms. The normalized spacial score (nSPS) is 10.8. The van der Waals surface area contributed by atoms with Gasteiger partial charge in [-0.05, 0) is 39.0 Å². The van der Waals surface area contributed by atoms with E-state index in [1.54, 1.807) is 20.8 Å². The molecule has 0 aromatic heterocycles. The van der Waals surface area contributed by atoms with Crippen molar-refractivity contribution < 1.29 is 13.9 Å². The van der Waals surface area contributed by atoms with E-state index in [-0.39, 0.29) is 5.82 Å². The van der Waals surface area contributed by atoms with Crippen LogP contribution in [0.2, 0.25) is 0 Å². The molecule has 0 aliphatic heterocycles. The summed E-state index contributed by atoms with van der Waals surface area (Å²) >= 11 is 0. The van der Waals surface area contributed by atoms with E-state index in [0.717, 1.165) is 0 Å². The van der Waals surface area contributed by atoms with Gasteiger partial charge in [0.1, 0.15) is 11.4 Å². The number of carbonyl (C=O) groups is 1. The number of amides is 1. The molecule has 1 aromatic carbocycles. The van der Waals surface area contributed by atoms with Crippen LogP contribution in [-0.4, -0.2) is 11.7 Å². The van der Waals surface area contributed by atoms with Gasteiger partial charge in [-0.2, -0.15) is 0 Å². The highest BCUT2D eigenvalue weighted by Gasteiger charge is 2.16. The van der Waals surface area contributed by atoms with Crippen LogP contribution in [0.3, 0.4) is 0 Å². The first kappa shape index (κ1) is 13.2. The molecule has 0 heterocycles. The van der Waals surface area contributed by atoms with E-state index in [1.807, 2.05) is 0 Å². The third-order valence-electron chi connectivity index (χ3n) is 1.87. The summed E-state index contributed by atoms with van der Waals surface area (Å²) in [4.78, 5) is 11.5. The molecular formula is C13H16FNO2.